The number of rotatable bonds is 2. The number of hydrogen-bond acceptors (Lipinski definition) is 3. The summed E-state index contributed by atoms with van der Waals surface area (Å²) >= 11 is 7.19. The molecule has 3 aromatic rings. The molecule has 6 heteroatoms. The third-order valence-electron chi connectivity index (χ3n) is 2.87. The summed E-state index contributed by atoms with van der Waals surface area (Å²) in [6.07, 6.45) is 0. The second kappa shape index (κ2) is 5.00. The highest BCUT2D eigenvalue weighted by Crippen LogP contribution is 2.32. The van der Waals surface area contributed by atoms with E-state index in [0.717, 1.165) is 10.2 Å². The number of thiazole rings is 1. The average molecular weight is 311 g/mol. The fourth-order valence-corrected chi connectivity index (χ4v) is 2.98. The zero-order chi connectivity index (χ0) is 14.3. The molecule has 0 unspecified atom stereocenters. The molecule has 0 aliphatic carbocycles. The van der Waals surface area contributed by atoms with Gasteiger partial charge in [-0.15, -0.1) is 0 Å². The van der Waals surface area contributed by atoms with E-state index < -0.39 is 11.6 Å². The normalized spacial score (nSPS) is 11.0. The summed E-state index contributed by atoms with van der Waals surface area (Å²) in [5.74, 6) is -1.26. The van der Waals surface area contributed by atoms with Crippen molar-refractivity contribution >= 4 is 44.0 Å². The van der Waals surface area contributed by atoms with Crippen molar-refractivity contribution in [2.75, 3.05) is 5.32 Å². The van der Waals surface area contributed by atoms with Gasteiger partial charge in [-0.05, 0) is 36.8 Å². The molecule has 0 bridgehead atoms. The van der Waals surface area contributed by atoms with Crippen molar-refractivity contribution < 1.29 is 8.78 Å². The highest BCUT2D eigenvalue weighted by Gasteiger charge is 2.13. The zero-order valence-corrected chi connectivity index (χ0v) is 11.9. The Kier molecular flexibility index (Phi) is 3.31. The van der Waals surface area contributed by atoms with Crippen LogP contribution in [0.1, 0.15) is 5.56 Å². The number of anilines is 2. The summed E-state index contributed by atoms with van der Waals surface area (Å²) in [5, 5.41) is 3.72. The van der Waals surface area contributed by atoms with E-state index in [1.54, 1.807) is 25.1 Å². The summed E-state index contributed by atoms with van der Waals surface area (Å²) in [4.78, 5) is 4.28. The van der Waals surface area contributed by atoms with Crippen molar-refractivity contribution in [2.24, 2.45) is 0 Å². The standard InChI is InChI=1S/C14H9ClF2N2S/c1-7-2-4-9(16)13(12(7)17)19-14-18-10-5-3-8(15)6-11(10)20-14/h2-6H,1H3,(H,18,19). The van der Waals surface area contributed by atoms with Gasteiger partial charge in [0.1, 0.15) is 11.5 Å². The summed E-state index contributed by atoms with van der Waals surface area (Å²) < 4.78 is 28.5. The van der Waals surface area contributed by atoms with Gasteiger partial charge in [-0.2, -0.15) is 0 Å². The van der Waals surface area contributed by atoms with Crippen LogP contribution >= 0.6 is 22.9 Å². The smallest absolute Gasteiger partial charge is 0.188 e. The summed E-state index contributed by atoms with van der Waals surface area (Å²) in [6.45, 7) is 1.58. The molecule has 1 N–H and O–H groups in total. The molecule has 1 heterocycles. The monoisotopic (exact) mass is 310 g/mol. The van der Waals surface area contributed by atoms with Crippen molar-refractivity contribution in [3.8, 4) is 0 Å². The lowest BCUT2D eigenvalue weighted by Gasteiger charge is -2.07. The maximum absolute atomic E-state index is 13.9. The summed E-state index contributed by atoms with van der Waals surface area (Å²) in [6, 6.07) is 7.88. The number of benzene rings is 2. The Morgan fingerprint density at radius 1 is 1.20 bits per heavy atom. The SMILES string of the molecule is Cc1ccc(F)c(Nc2nc3ccc(Cl)cc3s2)c1F. The van der Waals surface area contributed by atoms with Crippen LogP contribution < -0.4 is 5.32 Å². The first kappa shape index (κ1) is 13.3. The number of hydrogen-bond donors (Lipinski definition) is 1. The molecular formula is C14H9ClF2N2S. The first-order chi connectivity index (χ1) is 9.54. The minimum atomic E-state index is -0.648. The fourth-order valence-electron chi connectivity index (χ4n) is 1.83. The molecule has 2 nitrogen and oxygen atoms in total. The Morgan fingerprint density at radius 2 is 2.00 bits per heavy atom. The average Bonchev–Trinajstić information content (AvgIpc) is 2.81. The largest absolute Gasteiger partial charge is 0.327 e. The molecule has 1 aromatic heterocycles. The van der Waals surface area contributed by atoms with Crippen molar-refractivity contribution in [1.29, 1.82) is 0 Å². The number of aromatic nitrogens is 1. The molecule has 102 valence electrons. The van der Waals surface area contributed by atoms with Gasteiger partial charge >= 0.3 is 0 Å². The van der Waals surface area contributed by atoms with Crippen molar-refractivity contribution in [3.05, 3.63) is 52.6 Å². The molecule has 2 aromatic carbocycles. The van der Waals surface area contributed by atoms with E-state index in [4.69, 9.17) is 11.6 Å². The number of nitrogens with zero attached hydrogens (tertiary/aromatic N) is 1. The number of fused-ring (bicyclic) bond motifs is 1. The molecule has 3 rings (SSSR count). The first-order valence-corrected chi connectivity index (χ1v) is 7.02. The van der Waals surface area contributed by atoms with Crippen LogP contribution in [0.25, 0.3) is 10.2 Å². The van der Waals surface area contributed by atoms with Gasteiger partial charge in [-0.1, -0.05) is 29.0 Å². The second-order valence-corrected chi connectivity index (χ2v) is 5.78. The van der Waals surface area contributed by atoms with E-state index in [2.05, 4.69) is 10.3 Å². The summed E-state index contributed by atoms with van der Waals surface area (Å²) in [7, 11) is 0. The van der Waals surface area contributed by atoms with Crippen LogP contribution in [0, 0.1) is 18.6 Å². The van der Waals surface area contributed by atoms with Crippen molar-refractivity contribution in [3.63, 3.8) is 0 Å². The van der Waals surface area contributed by atoms with E-state index >= 15 is 0 Å². The van der Waals surface area contributed by atoms with Crippen molar-refractivity contribution in [2.45, 2.75) is 6.92 Å². The lowest BCUT2D eigenvalue weighted by atomic mass is 10.2. The van der Waals surface area contributed by atoms with Crippen LogP contribution in [0.15, 0.2) is 30.3 Å². The van der Waals surface area contributed by atoms with Crippen LogP contribution in [0.5, 0.6) is 0 Å². The van der Waals surface area contributed by atoms with E-state index in [9.17, 15) is 8.78 Å². The van der Waals surface area contributed by atoms with Crippen LogP contribution in [0.2, 0.25) is 5.02 Å². The highest BCUT2D eigenvalue weighted by molar-refractivity contribution is 7.22. The van der Waals surface area contributed by atoms with E-state index in [1.165, 1.54) is 23.5 Å². The predicted octanol–water partition coefficient (Wildman–Crippen LogP) is 5.28. The van der Waals surface area contributed by atoms with E-state index in [0.29, 0.717) is 15.7 Å². The van der Waals surface area contributed by atoms with Gasteiger partial charge in [0.05, 0.1) is 10.2 Å². The molecular weight excluding hydrogens is 302 g/mol. The third kappa shape index (κ3) is 2.34. The minimum Gasteiger partial charge on any atom is -0.327 e. The third-order valence-corrected chi connectivity index (χ3v) is 4.04. The molecule has 0 saturated heterocycles. The Hall–Kier alpha value is -1.72. The second-order valence-electron chi connectivity index (χ2n) is 4.31. The molecule has 0 amide bonds. The van der Waals surface area contributed by atoms with Crippen LogP contribution in [0.3, 0.4) is 0 Å². The lowest BCUT2D eigenvalue weighted by molar-refractivity contribution is 0.585. The Bertz CT molecular complexity index is 801. The van der Waals surface area contributed by atoms with Crippen LogP contribution in [-0.4, -0.2) is 4.98 Å². The highest BCUT2D eigenvalue weighted by atomic mass is 35.5. The van der Waals surface area contributed by atoms with E-state index in [1.807, 2.05) is 0 Å². The Labute approximate surface area is 123 Å². The van der Waals surface area contributed by atoms with Gasteiger partial charge in [0, 0.05) is 5.02 Å². The Balaban J connectivity index is 2.03. The van der Waals surface area contributed by atoms with Gasteiger partial charge in [0.15, 0.2) is 10.9 Å². The van der Waals surface area contributed by atoms with Gasteiger partial charge < -0.3 is 5.32 Å². The number of nitrogens with one attached hydrogen (secondary N) is 1. The first-order valence-electron chi connectivity index (χ1n) is 5.82. The molecule has 0 radical (unpaired) electrons. The fraction of sp³-hybridized carbons (Fsp3) is 0.0714. The molecule has 20 heavy (non-hydrogen) atoms. The molecule has 0 aliphatic heterocycles. The lowest BCUT2D eigenvalue weighted by Crippen LogP contribution is -1.98. The van der Waals surface area contributed by atoms with Gasteiger partial charge in [-0.25, -0.2) is 13.8 Å². The molecule has 0 saturated carbocycles. The van der Waals surface area contributed by atoms with Gasteiger partial charge in [0.25, 0.3) is 0 Å². The number of aryl methyl sites for hydroxylation is 1. The maximum atomic E-state index is 13.9. The molecule has 0 spiro atoms. The summed E-state index contributed by atoms with van der Waals surface area (Å²) in [5.41, 5.74) is 0.920. The van der Waals surface area contributed by atoms with Crippen LogP contribution in [0.4, 0.5) is 19.6 Å². The van der Waals surface area contributed by atoms with Gasteiger partial charge in [0.2, 0.25) is 0 Å². The quantitative estimate of drug-likeness (QED) is 0.696. The topological polar surface area (TPSA) is 24.9 Å². The number of halogens is 3. The maximum Gasteiger partial charge on any atom is 0.188 e. The van der Waals surface area contributed by atoms with Crippen molar-refractivity contribution in [1.82, 2.24) is 4.98 Å². The molecule has 0 fully saturated rings. The van der Waals surface area contributed by atoms with Gasteiger partial charge in [-0.3, -0.25) is 0 Å². The Morgan fingerprint density at radius 3 is 2.80 bits per heavy atom. The zero-order valence-electron chi connectivity index (χ0n) is 10.4. The van der Waals surface area contributed by atoms with Crippen LogP contribution in [-0.2, 0) is 0 Å². The molecule has 0 atom stereocenters. The van der Waals surface area contributed by atoms with E-state index in [-0.39, 0.29) is 5.69 Å². The minimum absolute atomic E-state index is 0.185. The molecule has 0 aliphatic rings. The predicted molar refractivity (Wildman–Crippen MR) is 79.0 cm³/mol.